The van der Waals surface area contributed by atoms with E-state index in [2.05, 4.69) is 10.2 Å². The molecular formula is C21H34N4O3. The first kappa shape index (κ1) is 22.3. The first-order valence-electron chi connectivity index (χ1n) is 10.2. The Kier molecular flexibility index (Phi) is 8.41. The van der Waals surface area contributed by atoms with Crippen molar-refractivity contribution >= 4 is 17.3 Å². The molecule has 0 radical (unpaired) electrons. The van der Waals surface area contributed by atoms with Crippen LogP contribution in [0.3, 0.4) is 0 Å². The Morgan fingerprint density at radius 3 is 2.57 bits per heavy atom. The fraction of sp³-hybridized carbons (Fsp3) is 0.619. The average molecular weight is 391 g/mol. The van der Waals surface area contributed by atoms with Crippen molar-refractivity contribution in [2.75, 3.05) is 51.8 Å². The van der Waals surface area contributed by atoms with Gasteiger partial charge in [-0.25, -0.2) is 0 Å². The predicted molar refractivity (Wildman–Crippen MR) is 112 cm³/mol. The lowest BCUT2D eigenvalue weighted by molar-refractivity contribution is -0.0840. The Hall–Kier alpha value is -1.96. The molecule has 7 heteroatoms. The van der Waals surface area contributed by atoms with Crippen molar-refractivity contribution in [1.29, 1.82) is 5.41 Å². The summed E-state index contributed by atoms with van der Waals surface area (Å²) in [6.45, 7) is 10.8. The molecule has 0 saturated carbocycles. The summed E-state index contributed by atoms with van der Waals surface area (Å²) in [6, 6.07) is 5.07. The molecule has 0 aromatic heterocycles. The highest BCUT2D eigenvalue weighted by Gasteiger charge is 2.39. The zero-order valence-electron chi connectivity index (χ0n) is 17.3. The van der Waals surface area contributed by atoms with Crippen molar-refractivity contribution in [3.8, 4) is 0 Å². The van der Waals surface area contributed by atoms with Crippen LogP contribution in [0.25, 0.3) is 0 Å². The van der Waals surface area contributed by atoms with E-state index in [4.69, 9.17) is 20.6 Å². The van der Waals surface area contributed by atoms with Crippen LogP contribution >= 0.6 is 0 Å². The van der Waals surface area contributed by atoms with Crippen LogP contribution in [0.1, 0.15) is 49.5 Å². The van der Waals surface area contributed by atoms with E-state index in [1.807, 2.05) is 13.8 Å². The summed E-state index contributed by atoms with van der Waals surface area (Å²) in [5.41, 5.74) is 7.70. The van der Waals surface area contributed by atoms with Crippen molar-refractivity contribution in [2.45, 2.75) is 39.2 Å². The normalized spacial score (nSPS) is 22.7. The molecule has 0 spiro atoms. The molecule has 4 N–H and O–H groups in total. The summed E-state index contributed by atoms with van der Waals surface area (Å²) in [4.78, 5) is 15.1. The summed E-state index contributed by atoms with van der Waals surface area (Å²) < 4.78 is 11.2. The van der Waals surface area contributed by atoms with Crippen molar-refractivity contribution in [1.82, 2.24) is 10.2 Å². The first-order chi connectivity index (χ1) is 13.5. The van der Waals surface area contributed by atoms with Crippen molar-refractivity contribution < 1.29 is 14.3 Å². The summed E-state index contributed by atoms with van der Waals surface area (Å²) in [5.74, 6) is -0.147. The third-order valence-electron chi connectivity index (χ3n) is 5.28. The van der Waals surface area contributed by atoms with Gasteiger partial charge in [0.25, 0.3) is 5.91 Å². The fourth-order valence-corrected chi connectivity index (χ4v) is 3.75. The number of benzene rings is 1. The van der Waals surface area contributed by atoms with Crippen LogP contribution in [0.4, 0.5) is 5.69 Å². The van der Waals surface area contributed by atoms with Gasteiger partial charge in [0.1, 0.15) is 0 Å². The molecule has 1 aromatic carbocycles. The molecule has 0 bridgehead atoms. The van der Waals surface area contributed by atoms with Crippen LogP contribution in [-0.4, -0.2) is 68.1 Å². The highest BCUT2D eigenvalue weighted by atomic mass is 16.5. The van der Waals surface area contributed by atoms with Crippen LogP contribution in [-0.2, 0) is 9.47 Å². The third kappa shape index (κ3) is 5.31. The maximum absolute atomic E-state index is 12.7. The van der Waals surface area contributed by atoms with Gasteiger partial charge in [-0.15, -0.1) is 0 Å². The Morgan fingerprint density at radius 2 is 1.96 bits per heavy atom. The molecule has 3 rings (SSSR count). The fourth-order valence-electron chi connectivity index (χ4n) is 3.75. The van der Waals surface area contributed by atoms with E-state index in [0.717, 1.165) is 45.8 Å². The number of morpholine rings is 1. The maximum Gasteiger partial charge on any atom is 0.251 e. The van der Waals surface area contributed by atoms with E-state index in [-0.39, 0.29) is 11.4 Å². The van der Waals surface area contributed by atoms with Gasteiger partial charge in [0, 0.05) is 48.8 Å². The van der Waals surface area contributed by atoms with E-state index in [9.17, 15) is 4.79 Å². The van der Waals surface area contributed by atoms with Crippen LogP contribution < -0.4 is 11.1 Å². The Labute approximate surface area is 168 Å². The smallest absolute Gasteiger partial charge is 0.251 e. The number of carbonyl (C=O) groups is 1. The number of nitrogens with two attached hydrogens (primary N) is 1. The van der Waals surface area contributed by atoms with Gasteiger partial charge < -0.3 is 25.9 Å². The average Bonchev–Trinajstić information content (AvgIpc) is 2.75. The highest BCUT2D eigenvalue weighted by molar-refractivity contribution is 6.04. The van der Waals surface area contributed by atoms with Gasteiger partial charge in [0.2, 0.25) is 0 Å². The van der Waals surface area contributed by atoms with E-state index in [1.54, 1.807) is 25.1 Å². The zero-order chi connectivity index (χ0) is 20.6. The molecule has 156 valence electrons. The molecule has 2 saturated heterocycles. The molecule has 1 aromatic rings. The third-order valence-corrected chi connectivity index (χ3v) is 5.28. The molecule has 2 fully saturated rings. The molecule has 0 aliphatic carbocycles. The van der Waals surface area contributed by atoms with Gasteiger partial charge in [-0.05, 0) is 38.0 Å². The monoisotopic (exact) mass is 390 g/mol. The van der Waals surface area contributed by atoms with Crippen molar-refractivity contribution in [3.63, 3.8) is 0 Å². The molecular weight excluding hydrogens is 356 g/mol. The number of nitrogens with one attached hydrogen (secondary N) is 2. The van der Waals surface area contributed by atoms with E-state index >= 15 is 0 Å². The maximum atomic E-state index is 12.7. The van der Waals surface area contributed by atoms with E-state index in [1.165, 1.54) is 0 Å². The van der Waals surface area contributed by atoms with Gasteiger partial charge in [0.15, 0.2) is 0 Å². The Balaban J connectivity index is 0.00000136. The molecule has 1 unspecified atom stereocenters. The summed E-state index contributed by atoms with van der Waals surface area (Å²) in [6.07, 6.45) is 1.99. The molecule has 2 aliphatic rings. The van der Waals surface area contributed by atoms with Crippen LogP contribution in [0.2, 0.25) is 0 Å². The minimum atomic E-state index is -0.175. The topological polar surface area (TPSA) is 101 Å². The van der Waals surface area contributed by atoms with Crippen molar-refractivity contribution in [2.24, 2.45) is 0 Å². The number of nitrogens with zero attached hydrogens (tertiary/aromatic N) is 1. The second-order valence-corrected chi connectivity index (χ2v) is 7.09. The van der Waals surface area contributed by atoms with Crippen LogP contribution in [0.15, 0.2) is 18.2 Å². The Bertz CT molecular complexity index is 666. The number of amides is 1. The molecule has 2 aliphatic heterocycles. The minimum absolute atomic E-state index is 0.147. The number of nitrogen functional groups attached to an aromatic ring is 1. The van der Waals surface area contributed by atoms with E-state index in [0.29, 0.717) is 35.7 Å². The van der Waals surface area contributed by atoms with E-state index < -0.39 is 0 Å². The SMILES string of the molecule is CC.CC(=N)c1cc(C(=O)NCC2(N3CCOCC3)CCCOC2)ccc1N. The lowest BCUT2D eigenvalue weighted by atomic mass is 9.89. The molecule has 1 atom stereocenters. The van der Waals surface area contributed by atoms with Crippen molar-refractivity contribution in [3.05, 3.63) is 29.3 Å². The second kappa shape index (κ2) is 10.5. The second-order valence-electron chi connectivity index (χ2n) is 7.09. The van der Waals surface area contributed by atoms with Gasteiger partial charge in [-0.3, -0.25) is 9.69 Å². The number of hydrogen-bond donors (Lipinski definition) is 3. The summed E-state index contributed by atoms with van der Waals surface area (Å²) >= 11 is 0. The summed E-state index contributed by atoms with van der Waals surface area (Å²) in [7, 11) is 0. The summed E-state index contributed by atoms with van der Waals surface area (Å²) in [5, 5.41) is 10.9. The molecule has 7 nitrogen and oxygen atoms in total. The lowest BCUT2D eigenvalue weighted by Gasteiger charge is -2.47. The number of carbonyl (C=O) groups excluding carboxylic acids is 1. The predicted octanol–water partition coefficient (Wildman–Crippen LogP) is 2.29. The van der Waals surface area contributed by atoms with Gasteiger partial charge in [-0.1, -0.05) is 13.8 Å². The number of hydrogen-bond acceptors (Lipinski definition) is 6. The van der Waals surface area contributed by atoms with Gasteiger partial charge in [0.05, 0.1) is 25.4 Å². The largest absolute Gasteiger partial charge is 0.398 e. The Morgan fingerprint density at radius 1 is 1.25 bits per heavy atom. The van der Waals surface area contributed by atoms with Gasteiger partial charge in [-0.2, -0.15) is 0 Å². The lowest BCUT2D eigenvalue weighted by Crippen LogP contribution is -2.62. The molecule has 2 heterocycles. The van der Waals surface area contributed by atoms with Gasteiger partial charge >= 0.3 is 0 Å². The number of rotatable bonds is 5. The first-order valence-corrected chi connectivity index (χ1v) is 10.2. The number of anilines is 1. The highest BCUT2D eigenvalue weighted by Crippen LogP contribution is 2.27. The minimum Gasteiger partial charge on any atom is -0.398 e. The van der Waals surface area contributed by atoms with Crippen LogP contribution in [0.5, 0.6) is 0 Å². The molecule has 1 amide bonds. The quantitative estimate of drug-likeness (QED) is 0.529. The zero-order valence-corrected chi connectivity index (χ0v) is 17.3. The standard InChI is InChI=1S/C19H28N4O3.C2H6/c1-14(20)16-11-15(3-4-17(16)21)18(24)22-12-19(5-2-8-26-13-19)23-6-9-25-10-7-23;1-2/h3-4,11,20H,2,5-10,12-13,21H2,1H3,(H,22,24);1-2H3. The molecule has 28 heavy (non-hydrogen) atoms. The van der Waals surface area contributed by atoms with Crippen LogP contribution in [0, 0.1) is 5.41 Å². The number of ether oxygens (including phenoxy) is 2.